The molecule has 0 aliphatic rings. The Morgan fingerprint density at radius 1 is 1.27 bits per heavy atom. The third-order valence-corrected chi connectivity index (χ3v) is 4.59. The highest BCUT2D eigenvalue weighted by molar-refractivity contribution is 7.92. The summed E-state index contributed by atoms with van der Waals surface area (Å²) in [6.45, 7) is 1.93. The summed E-state index contributed by atoms with van der Waals surface area (Å²) < 4.78 is 27.8. The number of hydrogen-bond acceptors (Lipinski definition) is 4. The lowest BCUT2D eigenvalue weighted by Gasteiger charge is -2.14. The summed E-state index contributed by atoms with van der Waals surface area (Å²) in [6.07, 6.45) is 4.21. The van der Waals surface area contributed by atoms with E-state index >= 15 is 0 Å². The van der Waals surface area contributed by atoms with E-state index in [2.05, 4.69) is 9.71 Å². The van der Waals surface area contributed by atoms with Crippen LogP contribution in [0.15, 0.2) is 47.6 Å². The number of primary amides is 1. The van der Waals surface area contributed by atoms with E-state index in [1.54, 1.807) is 24.3 Å². The molecule has 1 heterocycles. The van der Waals surface area contributed by atoms with E-state index in [4.69, 9.17) is 5.73 Å². The van der Waals surface area contributed by atoms with Crippen molar-refractivity contribution in [1.29, 1.82) is 0 Å². The molecule has 0 aliphatic carbocycles. The Labute approximate surface area is 129 Å². The van der Waals surface area contributed by atoms with Gasteiger partial charge in [0, 0.05) is 6.20 Å². The first-order chi connectivity index (χ1) is 10.5. The molecule has 0 unspecified atom stereocenters. The first-order valence-corrected chi connectivity index (χ1v) is 8.28. The number of anilines is 1. The van der Waals surface area contributed by atoms with Gasteiger partial charge in [-0.25, -0.2) is 8.42 Å². The number of hydrogen-bond donors (Lipinski definition) is 2. The molecule has 2 rings (SSSR count). The van der Waals surface area contributed by atoms with Crippen molar-refractivity contribution in [2.45, 2.75) is 24.7 Å². The second-order valence-electron chi connectivity index (χ2n) is 4.76. The van der Waals surface area contributed by atoms with Crippen LogP contribution in [0.1, 0.15) is 29.3 Å². The summed E-state index contributed by atoms with van der Waals surface area (Å²) in [5.41, 5.74) is 6.20. The minimum Gasteiger partial charge on any atom is -0.366 e. The zero-order valence-electron chi connectivity index (χ0n) is 12.1. The number of nitrogens with two attached hydrogens (primary N) is 1. The maximum absolute atomic E-state index is 12.7. The molecule has 116 valence electrons. The van der Waals surface area contributed by atoms with E-state index in [0.717, 1.165) is 6.42 Å². The van der Waals surface area contributed by atoms with E-state index in [0.29, 0.717) is 17.7 Å². The zero-order valence-corrected chi connectivity index (χ0v) is 12.9. The molecule has 7 heteroatoms. The topological polar surface area (TPSA) is 102 Å². The number of aromatic nitrogens is 1. The van der Waals surface area contributed by atoms with E-state index in [1.807, 2.05) is 6.92 Å². The van der Waals surface area contributed by atoms with Crippen molar-refractivity contribution in [3.05, 3.63) is 53.9 Å². The molecule has 0 fully saturated rings. The van der Waals surface area contributed by atoms with Crippen LogP contribution in [0.5, 0.6) is 0 Å². The number of nitrogens with zero attached hydrogens (tertiary/aromatic N) is 1. The summed E-state index contributed by atoms with van der Waals surface area (Å²) in [6, 6.07) is 7.93. The van der Waals surface area contributed by atoms with E-state index in [9.17, 15) is 13.2 Å². The lowest BCUT2D eigenvalue weighted by molar-refractivity contribution is 0.0997. The van der Waals surface area contributed by atoms with E-state index in [1.165, 1.54) is 18.5 Å². The predicted molar refractivity (Wildman–Crippen MR) is 84.0 cm³/mol. The lowest BCUT2D eigenvalue weighted by atomic mass is 10.1. The van der Waals surface area contributed by atoms with Gasteiger partial charge in [0.2, 0.25) is 5.91 Å². The highest BCUT2D eigenvalue weighted by Gasteiger charge is 2.24. The van der Waals surface area contributed by atoms with Gasteiger partial charge in [-0.1, -0.05) is 25.5 Å². The highest BCUT2D eigenvalue weighted by atomic mass is 32.2. The van der Waals surface area contributed by atoms with Crippen LogP contribution >= 0.6 is 0 Å². The Morgan fingerprint density at radius 2 is 2.05 bits per heavy atom. The van der Waals surface area contributed by atoms with Crippen molar-refractivity contribution in [3.63, 3.8) is 0 Å². The maximum Gasteiger partial charge on any atom is 0.263 e. The third-order valence-electron chi connectivity index (χ3n) is 3.06. The number of carbonyl (C=O) groups is 1. The molecule has 1 aromatic heterocycles. The molecule has 0 saturated heterocycles. The number of amides is 1. The van der Waals surface area contributed by atoms with Crippen molar-refractivity contribution >= 4 is 21.6 Å². The average Bonchev–Trinajstić information content (AvgIpc) is 2.47. The Balaban J connectivity index is 2.55. The van der Waals surface area contributed by atoms with Gasteiger partial charge in [0.1, 0.15) is 4.90 Å². The van der Waals surface area contributed by atoms with Gasteiger partial charge in [-0.15, -0.1) is 0 Å². The molecule has 1 aromatic carbocycles. The van der Waals surface area contributed by atoms with Crippen molar-refractivity contribution < 1.29 is 13.2 Å². The maximum atomic E-state index is 12.7. The quantitative estimate of drug-likeness (QED) is 0.849. The van der Waals surface area contributed by atoms with Crippen molar-refractivity contribution in [3.8, 4) is 0 Å². The van der Waals surface area contributed by atoms with Gasteiger partial charge in [0.25, 0.3) is 10.0 Å². The molecule has 0 bridgehead atoms. The minimum atomic E-state index is -3.93. The van der Waals surface area contributed by atoms with Crippen molar-refractivity contribution in [1.82, 2.24) is 4.98 Å². The molecular weight excluding hydrogens is 302 g/mol. The molecular formula is C15H17N3O3S. The number of pyridine rings is 1. The number of carbonyl (C=O) groups excluding carboxylic acids is 1. The summed E-state index contributed by atoms with van der Waals surface area (Å²) >= 11 is 0. The molecule has 22 heavy (non-hydrogen) atoms. The first-order valence-electron chi connectivity index (χ1n) is 6.80. The smallest absolute Gasteiger partial charge is 0.263 e. The summed E-state index contributed by atoms with van der Waals surface area (Å²) in [5.74, 6) is -0.774. The van der Waals surface area contributed by atoms with E-state index in [-0.39, 0.29) is 10.5 Å². The SMILES string of the molecule is CCCc1cccc(C(N)=O)c1S(=O)(=O)Nc1cccnc1. The van der Waals surface area contributed by atoms with Crippen LogP contribution in [0.25, 0.3) is 0 Å². The standard InChI is InChI=1S/C15H17N3O3S/c1-2-5-11-6-3-8-13(15(16)19)14(11)22(20,21)18-12-7-4-9-17-10-12/h3-4,6-10,18H,2,5H2,1H3,(H2,16,19). The second-order valence-corrected chi connectivity index (χ2v) is 6.37. The number of rotatable bonds is 6. The van der Waals surface area contributed by atoms with Gasteiger partial charge < -0.3 is 5.73 Å². The van der Waals surface area contributed by atoms with Gasteiger partial charge in [-0.3, -0.25) is 14.5 Å². The van der Waals surface area contributed by atoms with E-state index < -0.39 is 15.9 Å². The Hall–Kier alpha value is -2.41. The highest BCUT2D eigenvalue weighted by Crippen LogP contribution is 2.24. The van der Waals surface area contributed by atoms with Crippen LogP contribution < -0.4 is 10.5 Å². The summed E-state index contributed by atoms with van der Waals surface area (Å²) in [7, 11) is -3.93. The fourth-order valence-corrected chi connectivity index (χ4v) is 3.70. The van der Waals surface area contributed by atoms with Gasteiger partial charge in [0.15, 0.2) is 0 Å². The lowest BCUT2D eigenvalue weighted by Crippen LogP contribution is -2.22. The fourth-order valence-electron chi connectivity index (χ4n) is 2.19. The number of nitrogens with one attached hydrogen (secondary N) is 1. The Morgan fingerprint density at radius 3 is 2.64 bits per heavy atom. The monoisotopic (exact) mass is 319 g/mol. The molecule has 1 amide bonds. The van der Waals surface area contributed by atoms with Crippen LogP contribution in [-0.2, 0) is 16.4 Å². The molecule has 3 N–H and O–H groups in total. The second kappa shape index (κ2) is 6.57. The van der Waals surface area contributed by atoms with Crippen LogP contribution in [0.3, 0.4) is 0 Å². The molecule has 0 saturated carbocycles. The molecule has 2 aromatic rings. The predicted octanol–water partition coefficient (Wildman–Crippen LogP) is 1.93. The van der Waals surface area contributed by atoms with Gasteiger partial charge in [-0.05, 0) is 30.2 Å². The summed E-state index contributed by atoms with van der Waals surface area (Å²) in [4.78, 5) is 15.4. The van der Waals surface area contributed by atoms with Crippen molar-refractivity contribution in [2.75, 3.05) is 4.72 Å². The van der Waals surface area contributed by atoms with Gasteiger partial charge >= 0.3 is 0 Å². The van der Waals surface area contributed by atoms with Crippen LogP contribution in [0.4, 0.5) is 5.69 Å². The molecule has 0 radical (unpaired) electrons. The van der Waals surface area contributed by atoms with Crippen LogP contribution in [0.2, 0.25) is 0 Å². The third kappa shape index (κ3) is 3.43. The van der Waals surface area contributed by atoms with Crippen LogP contribution in [0, 0.1) is 0 Å². The number of aryl methyl sites for hydroxylation is 1. The fraction of sp³-hybridized carbons (Fsp3) is 0.200. The van der Waals surface area contributed by atoms with Gasteiger partial charge in [0.05, 0.1) is 17.4 Å². The first kappa shape index (κ1) is 16.0. The summed E-state index contributed by atoms with van der Waals surface area (Å²) in [5, 5.41) is 0. The van der Waals surface area contributed by atoms with Gasteiger partial charge in [-0.2, -0.15) is 0 Å². The average molecular weight is 319 g/mol. The van der Waals surface area contributed by atoms with Crippen molar-refractivity contribution in [2.24, 2.45) is 5.73 Å². The zero-order chi connectivity index (χ0) is 16.2. The molecule has 0 aliphatic heterocycles. The van der Waals surface area contributed by atoms with Crippen LogP contribution in [-0.4, -0.2) is 19.3 Å². The Bertz CT molecular complexity index is 774. The molecule has 0 atom stereocenters. The number of benzene rings is 1. The molecule has 0 spiro atoms. The largest absolute Gasteiger partial charge is 0.366 e. The number of sulfonamides is 1. The minimum absolute atomic E-state index is 0.0117. The Kier molecular flexibility index (Phi) is 4.77. The molecule has 6 nitrogen and oxygen atoms in total. The normalized spacial score (nSPS) is 11.1.